The van der Waals surface area contributed by atoms with Crippen molar-refractivity contribution in [2.24, 2.45) is 5.73 Å². The summed E-state index contributed by atoms with van der Waals surface area (Å²) in [6.07, 6.45) is -19.4. The van der Waals surface area contributed by atoms with E-state index in [1.807, 2.05) is 0 Å². The quantitative estimate of drug-likeness (QED) is 0.0757. The van der Waals surface area contributed by atoms with Gasteiger partial charge in [-0.05, 0) is 13.8 Å². The van der Waals surface area contributed by atoms with Crippen molar-refractivity contribution in [2.45, 2.75) is 131 Å². The molecule has 6 aliphatic heterocycles. The van der Waals surface area contributed by atoms with Crippen LogP contribution in [-0.2, 0) is 52.1 Å². The summed E-state index contributed by atoms with van der Waals surface area (Å²) in [6, 6.07) is 0. The molecule has 18 heteroatoms. The highest BCUT2D eigenvalue weighted by Crippen LogP contribution is 2.40. The molecule has 6 aliphatic rings. The highest BCUT2D eigenvalue weighted by molar-refractivity contribution is 4.98. The van der Waals surface area contributed by atoms with Gasteiger partial charge in [-0.2, -0.15) is 0 Å². The molecule has 242 valence electrons. The molecule has 0 aromatic heterocycles. The Kier molecular flexibility index (Phi) is 9.37. The number of hydrogen-bond donors (Lipinski definition) is 7. The van der Waals surface area contributed by atoms with Crippen LogP contribution in [0.2, 0.25) is 0 Å². The van der Waals surface area contributed by atoms with Crippen molar-refractivity contribution in [2.75, 3.05) is 19.8 Å². The lowest BCUT2D eigenvalue weighted by Gasteiger charge is -2.44. The predicted octanol–water partition coefficient (Wildman–Crippen LogP) is -5.09. The van der Waals surface area contributed by atoms with E-state index in [-0.39, 0.29) is 13.2 Å². The van der Waals surface area contributed by atoms with Gasteiger partial charge in [-0.3, -0.25) is 0 Å². The van der Waals surface area contributed by atoms with Crippen LogP contribution in [0.1, 0.15) is 13.8 Å². The third-order valence-electron chi connectivity index (χ3n) is 7.89. The molecule has 0 bridgehead atoms. The summed E-state index contributed by atoms with van der Waals surface area (Å²) in [5, 5.41) is 62.2. The molecule has 0 saturated carbocycles. The lowest BCUT2D eigenvalue weighted by Crippen LogP contribution is -2.63. The second kappa shape index (κ2) is 12.6. The number of ether oxygens (including phenoxy) is 11. The first kappa shape index (κ1) is 31.3. The molecular formula is C24H39NO17. The Morgan fingerprint density at radius 1 is 0.667 bits per heavy atom. The lowest BCUT2D eigenvalue weighted by atomic mass is 9.98. The molecule has 0 amide bonds. The van der Waals surface area contributed by atoms with Gasteiger partial charge in [0.1, 0.15) is 67.1 Å². The van der Waals surface area contributed by atoms with Gasteiger partial charge >= 0.3 is 0 Å². The Hall–Kier alpha value is -0.720. The Morgan fingerprint density at radius 3 is 2.10 bits per heavy atom. The third-order valence-corrected chi connectivity index (χ3v) is 7.89. The fourth-order valence-corrected chi connectivity index (χ4v) is 5.40. The molecule has 6 heterocycles. The predicted molar refractivity (Wildman–Crippen MR) is 127 cm³/mol. The molecule has 6 rings (SSSR count). The van der Waals surface area contributed by atoms with E-state index in [2.05, 4.69) is 0 Å². The molecule has 6 fully saturated rings. The molecule has 0 spiro atoms. The summed E-state index contributed by atoms with van der Waals surface area (Å²) in [7, 11) is 0. The number of fused-ring (bicyclic) bond motifs is 2. The Balaban J connectivity index is 0.969. The topological polar surface area (TPSA) is 259 Å². The zero-order valence-corrected chi connectivity index (χ0v) is 22.8. The maximum Gasteiger partial charge on any atom is 0.190 e. The van der Waals surface area contributed by atoms with E-state index in [9.17, 15) is 30.6 Å². The molecule has 0 radical (unpaired) electrons. The van der Waals surface area contributed by atoms with Crippen molar-refractivity contribution >= 4 is 0 Å². The first-order valence-electron chi connectivity index (χ1n) is 14.0. The number of epoxide rings is 3. The molecule has 19 atom stereocenters. The number of aliphatic hydroxyl groups is 6. The van der Waals surface area contributed by atoms with Crippen LogP contribution >= 0.6 is 0 Å². The van der Waals surface area contributed by atoms with Gasteiger partial charge < -0.3 is 88.5 Å². The highest BCUT2D eigenvalue weighted by Gasteiger charge is 2.60. The van der Waals surface area contributed by atoms with Crippen LogP contribution in [0.15, 0.2) is 0 Å². The largest absolute Gasteiger partial charge is 0.394 e. The summed E-state index contributed by atoms with van der Waals surface area (Å²) in [5.74, 6) is 0. The van der Waals surface area contributed by atoms with Gasteiger partial charge in [-0.15, -0.1) is 0 Å². The van der Waals surface area contributed by atoms with Crippen molar-refractivity contribution in [1.82, 2.24) is 0 Å². The average Bonchev–Trinajstić information content (AvgIpc) is 3.85. The van der Waals surface area contributed by atoms with Crippen molar-refractivity contribution in [3.05, 3.63) is 0 Å². The molecule has 18 nitrogen and oxygen atoms in total. The van der Waals surface area contributed by atoms with Crippen LogP contribution in [0.5, 0.6) is 0 Å². The van der Waals surface area contributed by atoms with E-state index in [0.29, 0.717) is 0 Å². The lowest BCUT2D eigenvalue weighted by molar-refractivity contribution is -0.348. The van der Waals surface area contributed by atoms with E-state index in [4.69, 9.17) is 57.8 Å². The van der Waals surface area contributed by atoms with Crippen LogP contribution in [0.4, 0.5) is 0 Å². The van der Waals surface area contributed by atoms with E-state index in [1.165, 1.54) is 0 Å². The van der Waals surface area contributed by atoms with Gasteiger partial charge in [0.15, 0.2) is 44.0 Å². The first-order chi connectivity index (χ1) is 20.1. The monoisotopic (exact) mass is 613 g/mol. The zero-order valence-electron chi connectivity index (χ0n) is 22.8. The van der Waals surface area contributed by atoms with Crippen molar-refractivity contribution in [3.63, 3.8) is 0 Å². The van der Waals surface area contributed by atoms with Crippen molar-refractivity contribution in [1.29, 1.82) is 0 Å². The fraction of sp³-hybridized carbons (Fsp3) is 1.00. The molecule has 10 unspecified atom stereocenters. The molecular weight excluding hydrogens is 574 g/mol. The molecule has 0 aromatic carbocycles. The van der Waals surface area contributed by atoms with Gasteiger partial charge in [0.05, 0.1) is 19.3 Å². The summed E-state index contributed by atoms with van der Waals surface area (Å²) < 4.78 is 61.0. The van der Waals surface area contributed by atoms with Gasteiger partial charge in [0.2, 0.25) is 0 Å². The Morgan fingerprint density at radius 2 is 1.36 bits per heavy atom. The summed E-state index contributed by atoms with van der Waals surface area (Å²) in [4.78, 5) is 0. The van der Waals surface area contributed by atoms with Gasteiger partial charge in [0, 0.05) is 6.54 Å². The normalized spacial score (nSPS) is 52.6. The second-order valence-corrected chi connectivity index (χ2v) is 11.0. The molecule has 0 aromatic rings. The number of hydrogen-bond acceptors (Lipinski definition) is 18. The second-order valence-electron chi connectivity index (χ2n) is 11.0. The van der Waals surface area contributed by atoms with Crippen molar-refractivity contribution in [3.8, 4) is 0 Å². The first-order valence-corrected chi connectivity index (χ1v) is 14.0. The van der Waals surface area contributed by atoms with Crippen molar-refractivity contribution < 1.29 is 82.7 Å². The van der Waals surface area contributed by atoms with Crippen LogP contribution in [0, 0.1) is 0 Å². The smallest absolute Gasteiger partial charge is 0.190 e. The summed E-state index contributed by atoms with van der Waals surface area (Å²) in [6.45, 7) is 3.08. The van der Waals surface area contributed by atoms with E-state index < -0.39 is 124 Å². The highest BCUT2D eigenvalue weighted by atomic mass is 16.9. The summed E-state index contributed by atoms with van der Waals surface area (Å²) >= 11 is 0. The maximum atomic E-state index is 10.8. The SMILES string of the molecule is CC(O[C@@H]1OC(CO)[C@@H](O[C@H]2OC3O[C@@H]3C(O)C2O)C(O)C1O)[C@H]1OC1O[C@H](C)OC1[C@H]2OC2O[C@@H](OCCN)[C@H]1O. The minimum absolute atomic E-state index is 0.189. The summed E-state index contributed by atoms with van der Waals surface area (Å²) in [5.41, 5.74) is 5.45. The Bertz CT molecular complexity index is 918. The van der Waals surface area contributed by atoms with Crippen LogP contribution in [0.25, 0.3) is 0 Å². The third kappa shape index (κ3) is 6.34. The van der Waals surface area contributed by atoms with Gasteiger partial charge in [-0.1, -0.05) is 0 Å². The van der Waals surface area contributed by atoms with Gasteiger partial charge in [0.25, 0.3) is 0 Å². The van der Waals surface area contributed by atoms with Crippen LogP contribution in [-0.4, -0.2) is 168 Å². The van der Waals surface area contributed by atoms with E-state index in [1.54, 1.807) is 13.8 Å². The molecule has 8 N–H and O–H groups in total. The standard InChI is InChI=1S/C24H39NO17/c1-6(14-22(37-14)35-7(2)34-16-13(31)19(32-4-3-25)41-24-18(16)40-24)33-20-11(29)9(27)15(8(5-26)36-20)38-21-12(30)10(28)17-23(39-17)42-21/h6-24,26-31H,3-5,25H2,1-2H3/t6?,7-,8?,9?,10?,11?,12?,13+,14-,15-,16?,17-,18-,19-,20-,21+,22?,23?,24?/m1/s1. The fourth-order valence-electron chi connectivity index (χ4n) is 5.40. The van der Waals surface area contributed by atoms with Crippen LogP contribution in [0.3, 0.4) is 0 Å². The average molecular weight is 614 g/mol. The minimum Gasteiger partial charge on any atom is -0.394 e. The minimum atomic E-state index is -1.62. The molecule has 42 heavy (non-hydrogen) atoms. The zero-order chi connectivity index (χ0) is 29.9. The number of nitrogens with two attached hydrogens (primary N) is 1. The maximum absolute atomic E-state index is 10.8. The molecule has 6 saturated heterocycles. The van der Waals surface area contributed by atoms with Gasteiger partial charge in [-0.25, -0.2) is 0 Å². The van der Waals surface area contributed by atoms with Crippen LogP contribution < -0.4 is 5.73 Å². The number of aliphatic hydroxyl groups excluding tert-OH is 6. The molecule has 0 aliphatic carbocycles. The number of rotatable bonds is 13. The Labute approximate surface area is 239 Å². The van der Waals surface area contributed by atoms with E-state index >= 15 is 0 Å². The van der Waals surface area contributed by atoms with E-state index in [0.717, 1.165) is 0 Å².